The van der Waals surface area contributed by atoms with Crippen LogP contribution >= 0.6 is 34.5 Å². The van der Waals surface area contributed by atoms with Gasteiger partial charge < -0.3 is 9.73 Å². The molecule has 0 fully saturated rings. The largest absolute Gasteiger partial charge is 0.462 e. The van der Waals surface area contributed by atoms with Crippen LogP contribution in [-0.4, -0.2) is 20.7 Å². The molecule has 3 aromatic heterocycles. The highest BCUT2D eigenvalue weighted by atomic mass is 35.5. The first-order valence-electron chi connectivity index (χ1n) is 7.86. The van der Waals surface area contributed by atoms with Gasteiger partial charge in [-0.05, 0) is 24.3 Å². The number of amides is 1. The third-order valence-electron chi connectivity index (χ3n) is 3.73. The van der Waals surface area contributed by atoms with E-state index < -0.39 is 0 Å². The van der Waals surface area contributed by atoms with Crippen molar-refractivity contribution >= 4 is 46.1 Å². The van der Waals surface area contributed by atoms with E-state index in [1.807, 2.05) is 0 Å². The van der Waals surface area contributed by atoms with Gasteiger partial charge in [-0.25, -0.2) is 4.98 Å². The van der Waals surface area contributed by atoms with Crippen molar-refractivity contribution in [2.75, 3.05) is 5.32 Å². The molecule has 0 radical (unpaired) electrons. The first-order chi connectivity index (χ1) is 13.1. The molecule has 0 saturated carbocycles. The van der Waals surface area contributed by atoms with Gasteiger partial charge in [0.05, 0.1) is 30.9 Å². The van der Waals surface area contributed by atoms with Crippen molar-refractivity contribution in [1.29, 1.82) is 0 Å². The molecule has 0 aliphatic heterocycles. The fourth-order valence-electron chi connectivity index (χ4n) is 2.45. The van der Waals surface area contributed by atoms with E-state index in [1.165, 1.54) is 17.5 Å². The van der Waals surface area contributed by atoms with Crippen LogP contribution < -0.4 is 5.32 Å². The molecule has 0 atom stereocenters. The standard InChI is InChI=1S/C18H12Cl2N4O2S/c19-13-3-1-4-14(20)12(13)10-24-9-11(7-22-24)23-17(25)16-8-21-18(27-16)15-5-2-6-26-15/h1-9H,10H2,(H,23,25). The van der Waals surface area contributed by atoms with Gasteiger partial charge in [0.15, 0.2) is 10.8 Å². The minimum atomic E-state index is -0.263. The molecule has 0 aliphatic rings. The quantitative estimate of drug-likeness (QED) is 0.482. The highest BCUT2D eigenvalue weighted by molar-refractivity contribution is 7.17. The number of carbonyl (C=O) groups is 1. The van der Waals surface area contributed by atoms with Gasteiger partial charge in [0.25, 0.3) is 5.91 Å². The van der Waals surface area contributed by atoms with E-state index in [-0.39, 0.29) is 5.91 Å². The van der Waals surface area contributed by atoms with E-state index in [0.717, 1.165) is 5.56 Å². The van der Waals surface area contributed by atoms with Crippen LogP contribution in [0.25, 0.3) is 10.8 Å². The van der Waals surface area contributed by atoms with Crippen LogP contribution in [0.4, 0.5) is 5.69 Å². The summed E-state index contributed by atoms with van der Waals surface area (Å²) in [5, 5.41) is 8.83. The van der Waals surface area contributed by atoms with Crippen LogP contribution in [0.15, 0.2) is 59.6 Å². The number of nitrogens with zero attached hydrogens (tertiary/aromatic N) is 3. The predicted molar refractivity (Wildman–Crippen MR) is 106 cm³/mol. The van der Waals surface area contributed by atoms with Crippen molar-refractivity contribution in [3.8, 4) is 10.8 Å². The number of anilines is 1. The van der Waals surface area contributed by atoms with Crippen LogP contribution in [0.3, 0.4) is 0 Å². The molecule has 1 N–H and O–H groups in total. The van der Waals surface area contributed by atoms with Crippen LogP contribution in [-0.2, 0) is 6.54 Å². The molecule has 9 heteroatoms. The zero-order valence-electron chi connectivity index (χ0n) is 13.7. The fourth-order valence-corrected chi connectivity index (χ4v) is 3.74. The summed E-state index contributed by atoms with van der Waals surface area (Å²) < 4.78 is 6.95. The second-order valence-electron chi connectivity index (χ2n) is 5.59. The third kappa shape index (κ3) is 3.90. The Morgan fingerprint density at radius 1 is 1.19 bits per heavy atom. The van der Waals surface area contributed by atoms with Crippen molar-refractivity contribution in [3.05, 3.63) is 75.7 Å². The average Bonchev–Trinajstić information content (AvgIpc) is 3.38. The molecular weight excluding hydrogens is 407 g/mol. The lowest BCUT2D eigenvalue weighted by Crippen LogP contribution is -2.09. The minimum Gasteiger partial charge on any atom is -0.462 e. The summed E-state index contributed by atoms with van der Waals surface area (Å²) in [4.78, 5) is 17.1. The number of hydrogen-bond acceptors (Lipinski definition) is 5. The highest BCUT2D eigenvalue weighted by Crippen LogP contribution is 2.27. The number of carbonyl (C=O) groups excluding carboxylic acids is 1. The monoisotopic (exact) mass is 418 g/mol. The fraction of sp³-hybridized carbons (Fsp3) is 0.0556. The number of nitrogens with one attached hydrogen (secondary N) is 1. The summed E-state index contributed by atoms with van der Waals surface area (Å²) in [5.41, 5.74) is 1.34. The molecule has 1 aromatic carbocycles. The van der Waals surface area contributed by atoms with Crippen LogP contribution in [0.2, 0.25) is 10.0 Å². The van der Waals surface area contributed by atoms with Crippen molar-refractivity contribution < 1.29 is 9.21 Å². The number of halogens is 2. The molecule has 6 nitrogen and oxygen atoms in total. The molecule has 3 heterocycles. The maximum atomic E-state index is 12.4. The Kier molecular flexibility index (Phi) is 4.98. The summed E-state index contributed by atoms with van der Waals surface area (Å²) in [6.07, 6.45) is 6.37. The van der Waals surface area contributed by atoms with E-state index in [9.17, 15) is 4.79 Å². The molecule has 0 spiro atoms. The number of rotatable bonds is 5. The minimum absolute atomic E-state index is 0.263. The van der Waals surface area contributed by atoms with E-state index in [1.54, 1.807) is 53.7 Å². The van der Waals surface area contributed by atoms with Crippen molar-refractivity contribution in [2.45, 2.75) is 6.54 Å². The molecule has 4 aromatic rings. The molecule has 0 saturated heterocycles. The molecule has 136 valence electrons. The van der Waals surface area contributed by atoms with Gasteiger partial charge in [-0.15, -0.1) is 11.3 Å². The lowest BCUT2D eigenvalue weighted by molar-refractivity contribution is 0.103. The van der Waals surface area contributed by atoms with Crippen molar-refractivity contribution in [1.82, 2.24) is 14.8 Å². The first-order valence-corrected chi connectivity index (χ1v) is 9.44. The van der Waals surface area contributed by atoms with Crippen LogP contribution in [0.1, 0.15) is 15.2 Å². The van der Waals surface area contributed by atoms with Crippen molar-refractivity contribution in [2.24, 2.45) is 0 Å². The summed E-state index contributed by atoms with van der Waals surface area (Å²) in [6.45, 7) is 0.400. The Labute approximate surface area is 168 Å². The van der Waals surface area contributed by atoms with Gasteiger partial charge in [0, 0.05) is 21.8 Å². The normalized spacial score (nSPS) is 10.9. The summed E-state index contributed by atoms with van der Waals surface area (Å²) >= 11 is 13.6. The SMILES string of the molecule is O=C(Nc1cnn(Cc2c(Cl)cccc2Cl)c1)c1cnc(-c2ccco2)s1. The lowest BCUT2D eigenvalue weighted by Gasteiger charge is -2.06. The van der Waals surface area contributed by atoms with Gasteiger partial charge in [-0.3, -0.25) is 9.48 Å². The summed E-state index contributed by atoms with van der Waals surface area (Å²) in [5.74, 6) is 0.365. The lowest BCUT2D eigenvalue weighted by atomic mass is 10.2. The van der Waals surface area contributed by atoms with Gasteiger partial charge in [0.1, 0.15) is 4.88 Å². The van der Waals surface area contributed by atoms with Gasteiger partial charge in [-0.1, -0.05) is 29.3 Å². The second kappa shape index (κ2) is 7.56. The summed E-state index contributed by atoms with van der Waals surface area (Å²) in [6, 6.07) is 8.90. The molecule has 0 aliphatic carbocycles. The van der Waals surface area contributed by atoms with Gasteiger partial charge in [-0.2, -0.15) is 5.10 Å². The maximum absolute atomic E-state index is 12.4. The van der Waals surface area contributed by atoms with Crippen LogP contribution in [0, 0.1) is 0 Å². The number of hydrogen-bond donors (Lipinski definition) is 1. The van der Waals surface area contributed by atoms with Gasteiger partial charge >= 0.3 is 0 Å². The number of thiazole rings is 1. The van der Waals surface area contributed by atoms with E-state index in [4.69, 9.17) is 27.6 Å². The van der Waals surface area contributed by atoms with Crippen LogP contribution in [0.5, 0.6) is 0 Å². The molecular formula is C18H12Cl2N4O2S. The van der Waals surface area contributed by atoms with Crippen molar-refractivity contribution in [3.63, 3.8) is 0 Å². The average molecular weight is 419 g/mol. The maximum Gasteiger partial charge on any atom is 0.267 e. The highest BCUT2D eigenvalue weighted by Gasteiger charge is 2.14. The Bertz CT molecular complexity index is 1070. The zero-order chi connectivity index (χ0) is 18.8. The Hall–Kier alpha value is -2.61. The van der Waals surface area contributed by atoms with E-state index in [2.05, 4.69) is 15.4 Å². The molecule has 4 rings (SSSR count). The van der Waals surface area contributed by atoms with Gasteiger partial charge in [0.2, 0.25) is 0 Å². The van der Waals surface area contributed by atoms with E-state index in [0.29, 0.717) is 37.9 Å². The van der Waals surface area contributed by atoms with E-state index >= 15 is 0 Å². The molecule has 1 amide bonds. The first kappa shape index (κ1) is 17.8. The Morgan fingerprint density at radius 3 is 2.74 bits per heavy atom. The summed E-state index contributed by atoms with van der Waals surface area (Å²) in [7, 11) is 0. The Balaban J connectivity index is 1.45. The number of furan rings is 1. The molecule has 27 heavy (non-hydrogen) atoms. The molecule has 0 unspecified atom stereocenters. The third-order valence-corrected chi connectivity index (χ3v) is 5.45. The zero-order valence-corrected chi connectivity index (χ0v) is 16.1. The number of benzene rings is 1. The number of aromatic nitrogens is 3. The Morgan fingerprint density at radius 2 is 2.00 bits per heavy atom. The second-order valence-corrected chi connectivity index (χ2v) is 7.43. The smallest absolute Gasteiger partial charge is 0.267 e. The topological polar surface area (TPSA) is 73.0 Å². The predicted octanol–water partition coefficient (Wildman–Crippen LogP) is 5.21. The molecule has 0 bridgehead atoms.